The molecule has 0 saturated carbocycles. The Balaban J connectivity index is 2.57. The fraction of sp³-hybridized carbons (Fsp3) is 0.750. The van der Waals surface area contributed by atoms with Crippen molar-refractivity contribution in [1.82, 2.24) is 25.2 Å². The van der Waals surface area contributed by atoms with Crippen molar-refractivity contribution >= 4 is 5.97 Å². The number of rotatable bonds is 10. The minimum atomic E-state index is -0.986. The topological polar surface area (TPSA) is 104 Å². The average Bonchev–Trinajstić information content (AvgIpc) is 2.87. The molecule has 1 aromatic heterocycles. The van der Waals surface area contributed by atoms with Gasteiger partial charge in [-0.3, -0.25) is 10.1 Å². The Hall–Kier alpha value is -1.51. The second-order valence-corrected chi connectivity index (χ2v) is 4.38. The van der Waals surface area contributed by atoms with Gasteiger partial charge in [-0.05, 0) is 13.1 Å². The van der Waals surface area contributed by atoms with Gasteiger partial charge in [-0.15, -0.1) is 5.10 Å². The third-order valence-corrected chi connectivity index (χ3v) is 3.10. The normalized spacial score (nSPS) is 12.8. The number of nitrogens with zero attached hydrogens (tertiary/aromatic N) is 4. The number of aliphatic hydroxyl groups excluding tert-OH is 1. The molecule has 1 aromatic rings. The molecule has 0 aliphatic carbocycles. The molecule has 0 saturated heterocycles. The number of hydrogen-bond donors (Lipinski definition) is 3. The van der Waals surface area contributed by atoms with Gasteiger partial charge < -0.3 is 15.1 Å². The molecular weight excluding hydrogens is 262 g/mol. The number of aliphatic hydroxyl groups is 1. The van der Waals surface area contributed by atoms with Gasteiger partial charge in [-0.25, -0.2) is 4.68 Å². The average molecular weight is 285 g/mol. The molecule has 3 N–H and O–H groups in total. The van der Waals surface area contributed by atoms with Crippen molar-refractivity contribution in [3.63, 3.8) is 0 Å². The lowest BCUT2D eigenvalue weighted by molar-refractivity contribution is -0.139. The zero-order valence-corrected chi connectivity index (χ0v) is 12.0. The first kappa shape index (κ1) is 16.5. The largest absolute Gasteiger partial charge is 0.480 e. The molecule has 0 radical (unpaired) electrons. The fourth-order valence-corrected chi connectivity index (χ4v) is 1.88. The summed E-state index contributed by atoms with van der Waals surface area (Å²) in [6.07, 6.45) is 1.54. The van der Waals surface area contributed by atoms with Crippen LogP contribution >= 0.6 is 0 Å². The van der Waals surface area contributed by atoms with E-state index in [-0.39, 0.29) is 6.61 Å². The van der Waals surface area contributed by atoms with Crippen LogP contribution in [0, 0.1) is 0 Å². The van der Waals surface area contributed by atoms with Crippen molar-refractivity contribution < 1.29 is 15.0 Å². The molecule has 1 unspecified atom stereocenters. The molecule has 0 bridgehead atoms. The summed E-state index contributed by atoms with van der Waals surface area (Å²) in [6.45, 7) is 7.59. The Labute approximate surface area is 118 Å². The van der Waals surface area contributed by atoms with Crippen LogP contribution in [0.1, 0.15) is 25.6 Å². The fourth-order valence-electron chi connectivity index (χ4n) is 1.88. The number of likely N-dealkylation sites (N-methyl/N-ethyl adjacent to an activating group) is 1. The van der Waals surface area contributed by atoms with Crippen LogP contribution < -0.4 is 5.32 Å². The first-order chi connectivity index (χ1) is 9.62. The van der Waals surface area contributed by atoms with Crippen molar-refractivity contribution in [1.29, 1.82) is 0 Å². The summed E-state index contributed by atoms with van der Waals surface area (Å²) in [5.74, 6) is -0.986. The number of hydrogen-bond acceptors (Lipinski definition) is 6. The summed E-state index contributed by atoms with van der Waals surface area (Å²) in [4.78, 5) is 13.5. The molecule has 114 valence electrons. The van der Waals surface area contributed by atoms with Crippen LogP contribution in [0.4, 0.5) is 0 Å². The number of carboxylic acids is 1. The summed E-state index contributed by atoms with van der Waals surface area (Å²) < 4.78 is 1.43. The van der Waals surface area contributed by atoms with E-state index in [0.717, 1.165) is 19.6 Å². The Morgan fingerprint density at radius 1 is 1.50 bits per heavy atom. The van der Waals surface area contributed by atoms with Gasteiger partial charge in [0.1, 0.15) is 5.69 Å². The van der Waals surface area contributed by atoms with Crippen molar-refractivity contribution in [3.8, 4) is 0 Å². The SMILES string of the molecule is CCN(CC)CCNC(C(=O)O)c1cn(CCO)nn1. The molecule has 1 atom stereocenters. The van der Waals surface area contributed by atoms with Gasteiger partial charge in [0.25, 0.3) is 0 Å². The van der Waals surface area contributed by atoms with Gasteiger partial charge >= 0.3 is 5.97 Å². The third kappa shape index (κ3) is 4.87. The van der Waals surface area contributed by atoms with Crippen molar-refractivity contribution in [3.05, 3.63) is 11.9 Å². The van der Waals surface area contributed by atoms with Crippen LogP contribution in [-0.4, -0.2) is 68.9 Å². The smallest absolute Gasteiger partial charge is 0.327 e. The number of aromatic nitrogens is 3. The lowest BCUT2D eigenvalue weighted by Crippen LogP contribution is -2.36. The second kappa shape index (κ2) is 8.62. The van der Waals surface area contributed by atoms with Gasteiger partial charge in [-0.2, -0.15) is 0 Å². The monoisotopic (exact) mass is 285 g/mol. The van der Waals surface area contributed by atoms with E-state index in [1.165, 1.54) is 4.68 Å². The van der Waals surface area contributed by atoms with Crippen LogP contribution in [-0.2, 0) is 11.3 Å². The molecule has 1 rings (SSSR count). The highest BCUT2D eigenvalue weighted by Crippen LogP contribution is 2.09. The van der Waals surface area contributed by atoms with Gasteiger partial charge in [0.15, 0.2) is 6.04 Å². The maximum Gasteiger partial charge on any atom is 0.327 e. The lowest BCUT2D eigenvalue weighted by atomic mass is 10.2. The minimum Gasteiger partial charge on any atom is -0.480 e. The zero-order chi connectivity index (χ0) is 15.0. The molecule has 0 fully saturated rings. The zero-order valence-electron chi connectivity index (χ0n) is 12.0. The van der Waals surface area contributed by atoms with E-state index >= 15 is 0 Å². The van der Waals surface area contributed by atoms with Crippen molar-refractivity contribution in [2.75, 3.05) is 32.8 Å². The molecule has 0 spiro atoms. The van der Waals surface area contributed by atoms with E-state index in [1.807, 2.05) is 0 Å². The maximum atomic E-state index is 11.3. The first-order valence-corrected chi connectivity index (χ1v) is 6.81. The van der Waals surface area contributed by atoms with Crippen LogP contribution in [0.2, 0.25) is 0 Å². The molecule has 20 heavy (non-hydrogen) atoms. The van der Waals surface area contributed by atoms with Crippen LogP contribution in [0.15, 0.2) is 6.20 Å². The van der Waals surface area contributed by atoms with Crippen LogP contribution in [0.25, 0.3) is 0 Å². The number of carbonyl (C=O) groups is 1. The highest BCUT2D eigenvalue weighted by molar-refractivity contribution is 5.74. The third-order valence-electron chi connectivity index (χ3n) is 3.10. The van der Waals surface area contributed by atoms with Gasteiger partial charge in [0.05, 0.1) is 19.3 Å². The summed E-state index contributed by atoms with van der Waals surface area (Å²) >= 11 is 0. The summed E-state index contributed by atoms with van der Waals surface area (Å²) in [5, 5.41) is 28.6. The number of carboxylic acid groups (broad SMARTS) is 1. The van der Waals surface area contributed by atoms with E-state index in [0.29, 0.717) is 18.8 Å². The van der Waals surface area contributed by atoms with Crippen molar-refractivity contribution in [2.45, 2.75) is 26.4 Å². The van der Waals surface area contributed by atoms with Gasteiger partial charge in [0.2, 0.25) is 0 Å². The standard InChI is InChI=1S/C12H23N5O3/c1-3-16(4-2)6-5-13-11(12(19)20)10-9-17(7-8-18)15-14-10/h9,11,13,18H,3-8H2,1-2H3,(H,19,20). The Morgan fingerprint density at radius 2 is 2.20 bits per heavy atom. The van der Waals surface area contributed by atoms with Gasteiger partial charge in [0, 0.05) is 13.1 Å². The Morgan fingerprint density at radius 3 is 2.75 bits per heavy atom. The van der Waals surface area contributed by atoms with E-state index in [2.05, 4.69) is 34.4 Å². The summed E-state index contributed by atoms with van der Waals surface area (Å²) in [7, 11) is 0. The summed E-state index contributed by atoms with van der Waals surface area (Å²) in [6, 6.07) is -0.877. The van der Waals surface area contributed by atoms with Crippen LogP contribution in [0.3, 0.4) is 0 Å². The molecule has 8 nitrogen and oxygen atoms in total. The molecule has 0 amide bonds. The maximum absolute atomic E-state index is 11.3. The molecule has 0 aliphatic rings. The molecular formula is C12H23N5O3. The molecule has 0 aromatic carbocycles. The van der Waals surface area contributed by atoms with E-state index in [4.69, 9.17) is 5.11 Å². The van der Waals surface area contributed by atoms with E-state index < -0.39 is 12.0 Å². The minimum absolute atomic E-state index is 0.0596. The van der Waals surface area contributed by atoms with E-state index in [9.17, 15) is 9.90 Å². The lowest BCUT2D eigenvalue weighted by Gasteiger charge is -2.19. The number of nitrogens with one attached hydrogen (secondary N) is 1. The molecule has 8 heteroatoms. The van der Waals surface area contributed by atoms with Crippen LogP contribution in [0.5, 0.6) is 0 Å². The molecule has 0 aliphatic heterocycles. The first-order valence-electron chi connectivity index (χ1n) is 6.81. The predicted octanol–water partition coefficient (Wildman–Crippen LogP) is -0.672. The van der Waals surface area contributed by atoms with Gasteiger partial charge in [-0.1, -0.05) is 19.1 Å². The summed E-state index contributed by atoms with van der Waals surface area (Å²) in [5.41, 5.74) is 0.352. The predicted molar refractivity (Wildman–Crippen MR) is 73.3 cm³/mol. The Bertz CT molecular complexity index is 406. The highest BCUT2D eigenvalue weighted by Gasteiger charge is 2.22. The number of aliphatic carboxylic acids is 1. The highest BCUT2D eigenvalue weighted by atomic mass is 16.4. The molecule has 1 heterocycles. The second-order valence-electron chi connectivity index (χ2n) is 4.38. The van der Waals surface area contributed by atoms with E-state index in [1.54, 1.807) is 6.20 Å². The Kier molecular flexibility index (Phi) is 7.13. The quantitative estimate of drug-likeness (QED) is 0.523. The van der Waals surface area contributed by atoms with Crippen molar-refractivity contribution in [2.24, 2.45) is 0 Å².